The first-order valence-electron chi connectivity index (χ1n) is 5.67. The maximum atomic E-state index is 6.12. The summed E-state index contributed by atoms with van der Waals surface area (Å²) in [4.78, 5) is 4.36. The standard InChI is InChI=1S/C14H15ClN2/c1-3-16-12-6-7-17-14(9-12)11-5-4-10(2)13(15)8-11/h4-9H,3H2,1-2H3,(H,16,17). The highest BCUT2D eigenvalue weighted by Crippen LogP contribution is 2.25. The zero-order valence-corrected chi connectivity index (χ0v) is 10.8. The molecule has 0 bridgehead atoms. The zero-order valence-electron chi connectivity index (χ0n) is 10.00. The van der Waals surface area contributed by atoms with E-state index < -0.39 is 0 Å². The Bertz CT molecular complexity index is 523. The van der Waals surface area contributed by atoms with Crippen molar-refractivity contribution in [2.75, 3.05) is 11.9 Å². The van der Waals surface area contributed by atoms with Gasteiger partial charge in [0.25, 0.3) is 0 Å². The Labute approximate surface area is 107 Å². The lowest BCUT2D eigenvalue weighted by Gasteiger charge is -2.07. The van der Waals surface area contributed by atoms with Gasteiger partial charge >= 0.3 is 0 Å². The van der Waals surface area contributed by atoms with Gasteiger partial charge in [0.05, 0.1) is 5.69 Å². The fourth-order valence-corrected chi connectivity index (χ4v) is 1.84. The fourth-order valence-electron chi connectivity index (χ4n) is 1.65. The summed E-state index contributed by atoms with van der Waals surface area (Å²) in [7, 11) is 0. The van der Waals surface area contributed by atoms with Gasteiger partial charge in [-0.15, -0.1) is 0 Å². The van der Waals surface area contributed by atoms with Gasteiger partial charge in [0, 0.05) is 29.0 Å². The quantitative estimate of drug-likeness (QED) is 0.880. The predicted octanol–water partition coefficient (Wildman–Crippen LogP) is 4.14. The van der Waals surface area contributed by atoms with Crippen LogP contribution in [0.1, 0.15) is 12.5 Å². The highest BCUT2D eigenvalue weighted by Gasteiger charge is 2.03. The zero-order chi connectivity index (χ0) is 12.3. The minimum Gasteiger partial charge on any atom is -0.385 e. The molecule has 0 aliphatic rings. The van der Waals surface area contributed by atoms with E-state index in [4.69, 9.17) is 11.6 Å². The average molecular weight is 247 g/mol. The van der Waals surface area contributed by atoms with Gasteiger partial charge in [-0.3, -0.25) is 4.98 Å². The summed E-state index contributed by atoms with van der Waals surface area (Å²) in [5, 5.41) is 4.05. The third-order valence-corrected chi connectivity index (χ3v) is 3.02. The molecule has 0 aliphatic heterocycles. The van der Waals surface area contributed by atoms with E-state index in [1.807, 2.05) is 37.3 Å². The number of pyridine rings is 1. The first kappa shape index (κ1) is 11.9. The Hall–Kier alpha value is -1.54. The summed E-state index contributed by atoms with van der Waals surface area (Å²) in [6.45, 7) is 4.97. The van der Waals surface area contributed by atoms with Crippen molar-refractivity contribution < 1.29 is 0 Å². The molecular formula is C14H15ClN2. The van der Waals surface area contributed by atoms with Gasteiger partial charge in [-0.25, -0.2) is 0 Å². The molecule has 1 N–H and O–H groups in total. The molecule has 0 atom stereocenters. The van der Waals surface area contributed by atoms with Crippen molar-refractivity contribution in [2.45, 2.75) is 13.8 Å². The Kier molecular flexibility index (Phi) is 3.64. The minimum absolute atomic E-state index is 0.776. The molecule has 0 radical (unpaired) electrons. The molecule has 17 heavy (non-hydrogen) atoms. The Morgan fingerprint density at radius 3 is 2.76 bits per heavy atom. The SMILES string of the molecule is CCNc1ccnc(-c2ccc(C)c(Cl)c2)c1. The Morgan fingerprint density at radius 1 is 1.24 bits per heavy atom. The number of aryl methyl sites for hydroxylation is 1. The number of anilines is 1. The molecule has 0 spiro atoms. The molecule has 1 aromatic heterocycles. The van der Waals surface area contributed by atoms with E-state index in [9.17, 15) is 0 Å². The van der Waals surface area contributed by atoms with Gasteiger partial charge in [-0.2, -0.15) is 0 Å². The van der Waals surface area contributed by atoms with E-state index in [1.165, 1.54) is 0 Å². The summed E-state index contributed by atoms with van der Waals surface area (Å²) in [6, 6.07) is 10.0. The summed E-state index contributed by atoms with van der Waals surface area (Å²) >= 11 is 6.12. The first-order valence-corrected chi connectivity index (χ1v) is 6.05. The molecule has 0 amide bonds. The monoisotopic (exact) mass is 246 g/mol. The molecular weight excluding hydrogens is 232 g/mol. The van der Waals surface area contributed by atoms with Crippen molar-refractivity contribution in [3.8, 4) is 11.3 Å². The van der Waals surface area contributed by atoms with Crippen molar-refractivity contribution in [3.05, 3.63) is 47.1 Å². The molecule has 1 aromatic carbocycles. The third kappa shape index (κ3) is 2.77. The normalized spacial score (nSPS) is 10.3. The van der Waals surface area contributed by atoms with Crippen molar-refractivity contribution in [2.24, 2.45) is 0 Å². The average Bonchev–Trinajstić information content (AvgIpc) is 2.33. The smallest absolute Gasteiger partial charge is 0.0723 e. The molecule has 2 rings (SSSR count). The van der Waals surface area contributed by atoms with Gasteiger partial charge in [-0.1, -0.05) is 23.7 Å². The number of halogens is 1. The van der Waals surface area contributed by atoms with E-state index in [0.717, 1.165) is 34.1 Å². The van der Waals surface area contributed by atoms with Crippen LogP contribution in [0.25, 0.3) is 11.3 Å². The van der Waals surface area contributed by atoms with Gasteiger partial charge in [0.1, 0.15) is 0 Å². The van der Waals surface area contributed by atoms with Crippen molar-refractivity contribution >= 4 is 17.3 Å². The van der Waals surface area contributed by atoms with E-state index in [-0.39, 0.29) is 0 Å². The molecule has 88 valence electrons. The molecule has 0 unspecified atom stereocenters. The molecule has 2 aromatic rings. The van der Waals surface area contributed by atoms with Crippen LogP contribution >= 0.6 is 11.6 Å². The first-order chi connectivity index (χ1) is 8.20. The maximum Gasteiger partial charge on any atom is 0.0723 e. The van der Waals surface area contributed by atoms with Crippen LogP contribution in [0.3, 0.4) is 0 Å². The Morgan fingerprint density at radius 2 is 2.06 bits per heavy atom. The lowest BCUT2D eigenvalue weighted by Crippen LogP contribution is -1.97. The van der Waals surface area contributed by atoms with Crippen LogP contribution in [0.15, 0.2) is 36.5 Å². The largest absolute Gasteiger partial charge is 0.385 e. The molecule has 3 heteroatoms. The summed E-state index contributed by atoms with van der Waals surface area (Å²) < 4.78 is 0. The van der Waals surface area contributed by atoms with Crippen LogP contribution in [-0.4, -0.2) is 11.5 Å². The van der Waals surface area contributed by atoms with Crippen molar-refractivity contribution in [1.82, 2.24) is 4.98 Å². The number of benzene rings is 1. The fraction of sp³-hybridized carbons (Fsp3) is 0.214. The van der Waals surface area contributed by atoms with Crippen molar-refractivity contribution in [1.29, 1.82) is 0 Å². The number of aromatic nitrogens is 1. The molecule has 0 aliphatic carbocycles. The van der Waals surface area contributed by atoms with Gasteiger partial charge < -0.3 is 5.32 Å². The second-order valence-electron chi connectivity index (χ2n) is 3.92. The molecule has 0 saturated heterocycles. The number of rotatable bonds is 3. The molecule has 2 nitrogen and oxygen atoms in total. The Balaban J connectivity index is 2.38. The number of hydrogen-bond acceptors (Lipinski definition) is 2. The van der Waals surface area contributed by atoms with E-state index in [0.29, 0.717) is 0 Å². The van der Waals surface area contributed by atoms with Gasteiger partial charge in [0.2, 0.25) is 0 Å². The third-order valence-electron chi connectivity index (χ3n) is 2.61. The number of nitrogens with one attached hydrogen (secondary N) is 1. The number of nitrogens with zero attached hydrogens (tertiary/aromatic N) is 1. The van der Waals surface area contributed by atoms with Crippen molar-refractivity contribution in [3.63, 3.8) is 0 Å². The van der Waals surface area contributed by atoms with Gasteiger partial charge in [0.15, 0.2) is 0 Å². The van der Waals surface area contributed by atoms with Crippen LogP contribution in [0.5, 0.6) is 0 Å². The lowest BCUT2D eigenvalue weighted by atomic mass is 10.1. The minimum atomic E-state index is 0.776. The van der Waals surface area contributed by atoms with E-state index in [2.05, 4.69) is 17.2 Å². The topological polar surface area (TPSA) is 24.9 Å². The predicted molar refractivity (Wildman–Crippen MR) is 73.6 cm³/mol. The second kappa shape index (κ2) is 5.19. The number of hydrogen-bond donors (Lipinski definition) is 1. The summed E-state index contributed by atoms with van der Waals surface area (Å²) in [5.41, 5.74) is 4.14. The highest BCUT2D eigenvalue weighted by atomic mass is 35.5. The van der Waals surface area contributed by atoms with Crippen LogP contribution in [0, 0.1) is 6.92 Å². The van der Waals surface area contributed by atoms with Crippen LogP contribution in [-0.2, 0) is 0 Å². The molecule has 1 heterocycles. The molecule has 0 fully saturated rings. The summed E-state index contributed by atoms with van der Waals surface area (Å²) in [5.74, 6) is 0. The molecule has 0 saturated carbocycles. The van der Waals surface area contributed by atoms with E-state index in [1.54, 1.807) is 6.20 Å². The lowest BCUT2D eigenvalue weighted by molar-refractivity contribution is 1.20. The van der Waals surface area contributed by atoms with Crippen LogP contribution in [0.4, 0.5) is 5.69 Å². The van der Waals surface area contributed by atoms with E-state index >= 15 is 0 Å². The van der Waals surface area contributed by atoms with Crippen LogP contribution in [0.2, 0.25) is 5.02 Å². The maximum absolute atomic E-state index is 6.12. The van der Waals surface area contributed by atoms with Crippen LogP contribution < -0.4 is 5.32 Å². The second-order valence-corrected chi connectivity index (χ2v) is 4.33. The van der Waals surface area contributed by atoms with Gasteiger partial charge in [-0.05, 0) is 37.6 Å². The summed E-state index contributed by atoms with van der Waals surface area (Å²) in [6.07, 6.45) is 1.81. The highest BCUT2D eigenvalue weighted by molar-refractivity contribution is 6.31.